The van der Waals surface area contributed by atoms with E-state index in [1.165, 1.54) is 0 Å². The highest BCUT2D eigenvalue weighted by atomic mass is 79.9. The number of hydrogen-bond acceptors (Lipinski definition) is 3. The maximum absolute atomic E-state index is 11.9. The van der Waals surface area contributed by atoms with Crippen molar-refractivity contribution in [2.45, 2.75) is 0 Å². The number of nitrogens with two attached hydrogens (primary N) is 1. The van der Waals surface area contributed by atoms with Crippen molar-refractivity contribution in [3.05, 3.63) is 40.6 Å². The van der Waals surface area contributed by atoms with Crippen LogP contribution in [-0.2, 0) is 0 Å². The van der Waals surface area contributed by atoms with Crippen LogP contribution in [0.15, 0.2) is 34.9 Å². The van der Waals surface area contributed by atoms with E-state index in [1.807, 2.05) is 0 Å². The summed E-state index contributed by atoms with van der Waals surface area (Å²) in [6, 6.07) is 6.77. The van der Waals surface area contributed by atoms with E-state index in [1.54, 1.807) is 37.6 Å². The Labute approximate surface area is 112 Å². The Morgan fingerprint density at radius 1 is 1.44 bits per heavy atom. The van der Waals surface area contributed by atoms with Gasteiger partial charge in [0, 0.05) is 16.7 Å². The first-order chi connectivity index (χ1) is 8.60. The Hall–Kier alpha value is -1.95. The van der Waals surface area contributed by atoms with E-state index in [-0.39, 0.29) is 5.91 Å². The van der Waals surface area contributed by atoms with E-state index in [2.05, 4.69) is 26.2 Å². The number of rotatable bonds is 3. The number of amides is 1. The Balaban J connectivity index is 2.21. The molecule has 1 aromatic carbocycles. The van der Waals surface area contributed by atoms with Gasteiger partial charge in [0.2, 0.25) is 0 Å². The number of aromatic nitrogens is 1. The zero-order chi connectivity index (χ0) is 13.1. The van der Waals surface area contributed by atoms with Crippen molar-refractivity contribution < 1.29 is 9.53 Å². The number of aromatic amines is 1. The van der Waals surface area contributed by atoms with Crippen molar-refractivity contribution in [3.63, 3.8) is 0 Å². The lowest BCUT2D eigenvalue weighted by molar-refractivity contribution is 0.102. The number of ether oxygens (including phenoxy) is 1. The first-order valence-electron chi connectivity index (χ1n) is 5.19. The van der Waals surface area contributed by atoms with Crippen molar-refractivity contribution in [2.24, 2.45) is 0 Å². The summed E-state index contributed by atoms with van der Waals surface area (Å²) in [7, 11) is 1.55. The zero-order valence-electron chi connectivity index (χ0n) is 9.66. The average molecular weight is 310 g/mol. The molecule has 0 saturated heterocycles. The van der Waals surface area contributed by atoms with Crippen LogP contribution in [0.5, 0.6) is 5.75 Å². The van der Waals surface area contributed by atoms with E-state index in [0.29, 0.717) is 22.8 Å². The molecule has 0 saturated carbocycles. The van der Waals surface area contributed by atoms with Gasteiger partial charge in [-0.05, 0) is 34.1 Å². The molecule has 2 rings (SSSR count). The van der Waals surface area contributed by atoms with Gasteiger partial charge in [-0.15, -0.1) is 0 Å². The summed E-state index contributed by atoms with van der Waals surface area (Å²) in [6.07, 6.45) is 1.68. The van der Waals surface area contributed by atoms with Crippen LogP contribution in [0.1, 0.15) is 10.5 Å². The monoisotopic (exact) mass is 309 g/mol. The van der Waals surface area contributed by atoms with Gasteiger partial charge in [-0.3, -0.25) is 4.79 Å². The fourth-order valence-corrected chi connectivity index (χ4v) is 1.80. The first kappa shape index (κ1) is 12.5. The summed E-state index contributed by atoms with van der Waals surface area (Å²) in [5, 5.41) is 2.72. The molecule has 6 heteroatoms. The highest BCUT2D eigenvalue weighted by Crippen LogP contribution is 2.25. The van der Waals surface area contributed by atoms with Crippen LogP contribution in [0.25, 0.3) is 0 Å². The molecule has 5 nitrogen and oxygen atoms in total. The topological polar surface area (TPSA) is 80.1 Å². The normalized spacial score (nSPS) is 10.1. The van der Waals surface area contributed by atoms with E-state index < -0.39 is 0 Å². The molecule has 0 spiro atoms. The Kier molecular flexibility index (Phi) is 3.57. The van der Waals surface area contributed by atoms with Gasteiger partial charge in [0.1, 0.15) is 11.4 Å². The number of H-pyrrole nitrogens is 1. The molecule has 1 heterocycles. The lowest BCUT2D eigenvalue weighted by Gasteiger charge is -2.09. The number of hydrogen-bond donors (Lipinski definition) is 3. The lowest BCUT2D eigenvalue weighted by atomic mass is 10.2. The number of benzene rings is 1. The maximum atomic E-state index is 11.9. The number of nitrogen functional groups attached to an aromatic ring is 1. The second-order valence-electron chi connectivity index (χ2n) is 3.64. The summed E-state index contributed by atoms with van der Waals surface area (Å²) in [6.45, 7) is 0. The molecule has 1 amide bonds. The standard InChI is InChI=1S/C12H12BrN3O2/c1-18-8-2-3-9(14)10(5-8)16-12(17)11-4-7(13)6-15-11/h2-6,15H,14H2,1H3,(H,16,17). The molecule has 18 heavy (non-hydrogen) atoms. The van der Waals surface area contributed by atoms with Gasteiger partial charge < -0.3 is 20.8 Å². The molecule has 0 aliphatic heterocycles. The van der Waals surface area contributed by atoms with Gasteiger partial charge in [0.25, 0.3) is 5.91 Å². The third-order valence-corrected chi connectivity index (χ3v) is 2.86. The molecule has 4 N–H and O–H groups in total. The summed E-state index contributed by atoms with van der Waals surface area (Å²) >= 11 is 3.27. The van der Waals surface area contributed by atoms with E-state index in [4.69, 9.17) is 10.5 Å². The third kappa shape index (κ3) is 2.65. The molecule has 0 bridgehead atoms. The Morgan fingerprint density at radius 2 is 2.22 bits per heavy atom. The number of carbonyl (C=O) groups is 1. The molecule has 94 valence electrons. The molecule has 0 fully saturated rings. The molecule has 0 unspecified atom stereocenters. The third-order valence-electron chi connectivity index (χ3n) is 2.40. The predicted octanol–water partition coefficient (Wildman–Crippen LogP) is 2.62. The van der Waals surface area contributed by atoms with Gasteiger partial charge in [-0.25, -0.2) is 0 Å². The number of carbonyl (C=O) groups excluding carboxylic acids is 1. The Bertz CT molecular complexity index is 580. The number of methoxy groups -OCH3 is 1. The van der Waals surface area contributed by atoms with Crippen LogP contribution in [0.3, 0.4) is 0 Å². The molecule has 0 aliphatic rings. The van der Waals surface area contributed by atoms with Gasteiger partial charge in [0.05, 0.1) is 18.5 Å². The fourth-order valence-electron chi connectivity index (χ4n) is 1.46. The van der Waals surface area contributed by atoms with E-state index in [0.717, 1.165) is 4.47 Å². The number of halogens is 1. The van der Waals surface area contributed by atoms with Crippen molar-refractivity contribution in [1.29, 1.82) is 0 Å². The van der Waals surface area contributed by atoms with E-state index >= 15 is 0 Å². The highest BCUT2D eigenvalue weighted by Gasteiger charge is 2.10. The largest absolute Gasteiger partial charge is 0.497 e. The van der Waals surface area contributed by atoms with Crippen LogP contribution in [0.4, 0.5) is 11.4 Å². The van der Waals surface area contributed by atoms with Gasteiger partial charge in [-0.1, -0.05) is 0 Å². The average Bonchev–Trinajstić information content (AvgIpc) is 2.79. The summed E-state index contributed by atoms with van der Waals surface area (Å²) in [4.78, 5) is 14.8. The minimum atomic E-state index is -0.263. The maximum Gasteiger partial charge on any atom is 0.272 e. The Morgan fingerprint density at radius 3 is 2.83 bits per heavy atom. The van der Waals surface area contributed by atoms with Gasteiger partial charge in [-0.2, -0.15) is 0 Å². The van der Waals surface area contributed by atoms with Crippen LogP contribution >= 0.6 is 15.9 Å². The highest BCUT2D eigenvalue weighted by molar-refractivity contribution is 9.10. The second-order valence-corrected chi connectivity index (χ2v) is 4.55. The molecule has 1 aromatic heterocycles. The molecule has 0 atom stereocenters. The summed E-state index contributed by atoms with van der Waals surface area (Å²) in [5.74, 6) is 0.368. The fraction of sp³-hybridized carbons (Fsp3) is 0.0833. The van der Waals surface area contributed by atoms with Crippen LogP contribution in [0, 0.1) is 0 Å². The van der Waals surface area contributed by atoms with Crippen molar-refractivity contribution in [3.8, 4) is 5.75 Å². The lowest BCUT2D eigenvalue weighted by Crippen LogP contribution is -2.13. The van der Waals surface area contributed by atoms with Crippen LogP contribution in [-0.4, -0.2) is 18.0 Å². The second kappa shape index (κ2) is 5.14. The van der Waals surface area contributed by atoms with Crippen molar-refractivity contribution in [1.82, 2.24) is 4.98 Å². The number of anilines is 2. The van der Waals surface area contributed by atoms with Crippen LogP contribution in [0.2, 0.25) is 0 Å². The zero-order valence-corrected chi connectivity index (χ0v) is 11.2. The summed E-state index contributed by atoms with van der Waals surface area (Å²) in [5.41, 5.74) is 7.23. The minimum Gasteiger partial charge on any atom is -0.497 e. The van der Waals surface area contributed by atoms with Gasteiger partial charge in [0.15, 0.2) is 0 Å². The molecule has 0 aliphatic carbocycles. The minimum absolute atomic E-state index is 0.263. The predicted molar refractivity (Wildman–Crippen MR) is 73.9 cm³/mol. The van der Waals surface area contributed by atoms with Gasteiger partial charge >= 0.3 is 0 Å². The van der Waals surface area contributed by atoms with Crippen molar-refractivity contribution >= 4 is 33.2 Å². The van der Waals surface area contributed by atoms with E-state index in [9.17, 15) is 4.79 Å². The SMILES string of the molecule is COc1ccc(N)c(NC(=O)c2cc(Br)c[nH]2)c1. The molecular weight excluding hydrogens is 298 g/mol. The smallest absolute Gasteiger partial charge is 0.272 e. The van der Waals surface area contributed by atoms with Crippen molar-refractivity contribution in [2.75, 3.05) is 18.2 Å². The quantitative estimate of drug-likeness (QED) is 0.762. The molecule has 0 radical (unpaired) electrons. The molecule has 2 aromatic rings. The summed E-state index contributed by atoms with van der Waals surface area (Å²) < 4.78 is 5.89. The van der Waals surface area contributed by atoms with Crippen LogP contribution < -0.4 is 15.8 Å². The number of nitrogens with one attached hydrogen (secondary N) is 2. The first-order valence-corrected chi connectivity index (χ1v) is 5.98. The molecular formula is C12H12BrN3O2.